The first-order valence-electron chi connectivity index (χ1n) is 6.90. The van der Waals surface area contributed by atoms with Gasteiger partial charge in [0, 0.05) is 32.8 Å². The van der Waals surface area contributed by atoms with Crippen LogP contribution in [-0.2, 0) is 9.53 Å². The van der Waals surface area contributed by atoms with Gasteiger partial charge in [0.1, 0.15) is 0 Å². The fraction of sp³-hybridized carbons (Fsp3) is 0.533. The van der Waals surface area contributed by atoms with Crippen LogP contribution in [0, 0.1) is 5.92 Å². The van der Waals surface area contributed by atoms with Crippen molar-refractivity contribution in [1.29, 1.82) is 0 Å². The minimum Gasteiger partial charge on any atom is -0.367 e. The average molecular weight is 260 g/mol. The van der Waals surface area contributed by atoms with Gasteiger partial charge >= 0.3 is 0 Å². The van der Waals surface area contributed by atoms with Crippen molar-refractivity contribution in [2.75, 3.05) is 26.7 Å². The number of amides is 1. The predicted octanol–water partition coefficient (Wildman–Crippen LogP) is 1.19. The number of nitrogens with zero attached hydrogens (tertiary/aromatic N) is 1. The molecule has 0 radical (unpaired) electrons. The fourth-order valence-electron chi connectivity index (χ4n) is 3.28. The SMILES string of the molecule is COC(C(=O)N1CC[C@H]2CNC[C@H]21)c1ccccc1. The molecule has 4 heteroatoms. The minimum absolute atomic E-state index is 0.102. The molecule has 1 aromatic rings. The van der Waals surface area contributed by atoms with Crippen LogP contribution in [0.3, 0.4) is 0 Å². The summed E-state index contributed by atoms with van der Waals surface area (Å²) < 4.78 is 5.45. The molecule has 19 heavy (non-hydrogen) atoms. The zero-order valence-electron chi connectivity index (χ0n) is 11.2. The summed E-state index contributed by atoms with van der Waals surface area (Å²) in [5.74, 6) is 0.724. The van der Waals surface area contributed by atoms with E-state index in [9.17, 15) is 4.79 Å². The summed E-state index contributed by atoms with van der Waals surface area (Å²) in [5.41, 5.74) is 0.935. The van der Waals surface area contributed by atoms with Gasteiger partial charge in [-0.15, -0.1) is 0 Å². The number of benzene rings is 1. The predicted molar refractivity (Wildman–Crippen MR) is 72.7 cm³/mol. The van der Waals surface area contributed by atoms with Crippen LogP contribution in [0.4, 0.5) is 0 Å². The van der Waals surface area contributed by atoms with E-state index in [4.69, 9.17) is 4.74 Å². The molecule has 2 heterocycles. The van der Waals surface area contributed by atoms with E-state index in [1.54, 1.807) is 7.11 Å². The molecule has 0 aliphatic carbocycles. The van der Waals surface area contributed by atoms with Crippen LogP contribution < -0.4 is 5.32 Å². The summed E-state index contributed by atoms with van der Waals surface area (Å²) >= 11 is 0. The first-order chi connectivity index (χ1) is 9.31. The van der Waals surface area contributed by atoms with Crippen LogP contribution >= 0.6 is 0 Å². The molecule has 2 saturated heterocycles. The lowest BCUT2D eigenvalue weighted by Crippen LogP contribution is -2.42. The highest BCUT2D eigenvalue weighted by atomic mass is 16.5. The van der Waals surface area contributed by atoms with Crippen molar-refractivity contribution in [3.05, 3.63) is 35.9 Å². The van der Waals surface area contributed by atoms with Crippen molar-refractivity contribution in [2.24, 2.45) is 5.92 Å². The van der Waals surface area contributed by atoms with Gasteiger partial charge in [-0.1, -0.05) is 30.3 Å². The number of fused-ring (bicyclic) bond motifs is 1. The second kappa shape index (κ2) is 5.31. The van der Waals surface area contributed by atoms with Gasteiger partial charge in [0.05, 0.1) is 0 Å². The normalized spacial score (nSPS) is 27.3. The molecule has 2 aliphatic rings. The minimum atomic E-state index is -0.472. The van der Waals surface area contributed by atoms with E-state index in [0.29, 0.717) is 12.0 Å². The first kappa shape index (κ1) is 12.6. The summed E-state index contributed by atoms with van der Waals surface area (Å²) in [6, 6.07) is 10.1. The smallest absolute Gasteiger partial charge is 0.256 e. The molecule has 4 nitrogen and oxygen atoms in total. The largest absolute Gasteiger partial charge is 0.367 e. The summed E-state index contributed by atoms with van der Waals surface area (Å²) in [5, 5.41) is 3.37. The third-order valence-electron chi connectivity index (χ3n) is 4.29. The van der Waals surface area contributed by atoms with Gasteiger partial charge in [0.15, 0.2) is 6.10 Å². The Morgan fingerprint density at radius 1 is 1.37 bits per heavy atom. The Morgan fingerprint density at radius 3 is 2.89 bits per heavy atom. The van der Waals surface area contributed by atoms with E-state index in [-0.39, 0.29) is 5.91 Å². The average Bonchev–Trinajstić information content (AvgIpc) is 3.03. The lowest BCUT2D eigenvalue weighted by Gasteiger charge is -2.27. The second-order valence-electron chi connectivity index (χ2n) is 5.33. The van der Waals surface area contributed by atoms with Crippen molar-refractivity contribution < 1.29 is 9.53 Å². The van der Waals surface area contributed by atoms with Gasteiger partial charge in [-0.3, -0.25) is 4.79 Å². The van der Waals surface area contributed by atoms with Crippen LogP contribution in [-0.4, -0.2) is 43.6 Å². The zero-order chi connectivity index (χ0) is 13.2. The van der Waals surface area contributed by atoms with Crippen molar-refractivity contribution in [3.8, 4) is 0 Å². The molecule has 1 aromatic carbocycles. The molecule has 2 aliphatic heterocycles. The van der Waals surface area contributed by atoms with Crippen molar-refractivity contribution in [2.45, 2.75) is 18.6 Å². The van der Waals surface area contributed by atoms with Crippen molar-refractivity contribution >= 4 is 5.91 Å². The maximum Gasteiger partial charge on any atom is 0.256 e. The number of nitrogens with one attached hydrogen (secondary N) is 1. The first-order valence-corrected chi connectivity index (χ1v) is 6.90. The number of carbonyl (C=O) groups excluding carboxylic acids is 1. The van der Waals surface area contributed by atoms with Gasteiger partial charge < -0.3 is 15.0 Å². The summed E-state index contributed by atoms with van der Waals surface area (Å²) in [7, 11) is 1.61. The number of likely N-dealkylation sites (tertiary alicyclic amines) is 1. The topological polar surface area (TPSA) is 41.6 Å². The molecule has 1 amide bonds. The van der Waals surface area contributed by atoms with E-state index in [0.717, 1.165) is 31.6 Å². The number of rotatable bonds is 3. The zero-order valence-corrected chi connectivity index (χ0v) is 11.2. The molecule has 1 N–H and O–H groups in total. The second-order valence-corrected chi connectivity index (χ2v) is 5.33. The van der Waals surface area contributed by atoms with Gasteiger partial charge in [0.2, 0.25) is 0 Å². The molecule has 0 bridgehead atoms. The van der Waals surface area contributed by atoms with Crippen LogP contribution in [0.25, 0.3) is 0 Å². The molecule has 0 saturated carbocycles. The maximum absolute atomic E-state index is 12.7. The van der Waals surface area contributed by atoms with Gasteiger partial charge in [0.25, 0.3) is 5.91 Å². The molecule has 3 atom stereocenters. The monoisotopic (exact) mass is 260 g/mol. The van der Waals surface area contributed by atoms with Crippen LogP contribution in [0.2, 0.25) is 0 Å². The van der Waals surface area contributed by atoms with E-state index >= 15 is 0 Å². The van der Waals surface area contributed by atoms with E-state index in [1.807, 2.05) is 35.2 Å². The highest BCUT2D eigenvalue weighted by Gasteiger charge is 2.42. The Morgan fingerprint density at radius 2 is 2.16 bits per heavy atom. The Balaban J connectivity index is 1.78. The van der Waals surface area contributed by atoms with Crippen LogP contribution in [0.5, 0.6) is 0 Å². The summed E-state index contributed by atoms with van der Waals surface area (Å²) in [6.45, 7) is 2.82. The Bertz CT molecular complexity index is 449. The Hall–Kier alpha value is -1.39. The summed E-state index contributed by atoms with van der Waals surface area (Å²) in [6.07, 6.45) is 0.634. The van der Waals surface area contributed by atoms with E-state index in [1.165, 1.54) is 0 Å². The molecule has 102 valence electrons. The number of carbonyl (C=O) groups is 1. The molecular formula is C15H20N2O2. The summed E-state index contributed by atoms with van der Waals surface area (Å²) in [4.78, 5) is 14.7. The van der Waals surface area contributed by atoms with Crippen molar-refractivity contribution in [3.63, 3.8) is 0 Å². The third kappa shape index (κ3) is 2.26. The highest BCUT2D eigenvalue weighted by molar-refractivity contribution is 5.83. The molecule has 2 fully saturated rings. The molecule has 0 spiro atoms. The van der Waals surface area contributed by atoms with Gasteiger partial charge in [-0.25, -0.2) is 0 Å². The molecular weight excluding hydrogens is 240 g/mol. The Labute approximate surface area is 113 Å². The van der Waals surface area contributed by atoms with Crippen molar-refractivity contribution in [1.82, 2.24) is 10.2 Å². The number of ether oxygens (including phenoxy) is 1. The highest BCUT2D eigenvalue weighted by Crippen LogP contribution is 2.30. The van der Waals surface area contributed by atoms with E-state index in [2.05, 4.69) is 5.32 Å². The lowest BCUT2D eigenvalue weighted by molar-refractivity contribution is -0.143. The van der Waals surface area contributed by atoms with Gasteiger partial charge in [-0.2, -0.15) is 0 Å². The molecule has 0 aromatic heterocycles. The molecule has 3 rings (SSSR count). The van der Waals surface area contributed by atoms with Gasteiger partial charge in [-0.05, 0) is 17.9 Å². The Kier molecular flexibility index (Phi) is 3.53. The number of hydrogen-bond acceptors (Lipinski definition) is 3. The standard InChI is InChI=1S/C15H20N2O2/c1-19-14(11-5-3-2-4-6-11)15(18)17-8-7-12-9-16-10-13(12)17/h2-6,12-14,16H,7-10H2,1H3/t12-,13+,14?/m0/s1. The molecule has 1 unspecified atom stereocenters. The van der Waals surface area contributed by atoms with Crippen LogP contribution in [0.1, 0.15) is 18.1 Å². The third-order valence-corrected chi connectivity index (χ3v) is 4.29. The van der Waals surface area contributed by atoms with Crippen LogP contribution in [0.15, 0.2) is 30.3 Å². The fourth-order valence-corrected chi connectivity index (χ4v) is 3.28. The lowest BCUT2D eigenvalue weighted by atomic mass is 10.0. The quantitative estimate of drug-likeness (QED) is 0.887. The number of hydrogen-bond donors (Lipinski definition) is 1. The van der Waals surface area contributed by atoms with E-state index < -0.39 is 6.10 Å². The number of methoxy groups -OCH3 is 1. The maximum atomic E-state index is 12.7.